The van der Waals surface area contributed by atoms with E-state index in [1.54, 1.807) is 0 Å². The number of benzene rings is 1. The van der Waals surface area contributed by atoms with Gasteiger partial charge in [0, 0.05) is 12.2 Å². The molecule has 1 aliphatic heterocycles. The molecule has 0 saturated carbocycles. The maximum Gasteiger partial charge on any atom is 0.250 e. The van der Waals surface area contributed by atoms with Crippen LogP contribution in [-0.4, -0.2) is 35.2 Å². The summed E-state index contributed by atoms with van der Waals surface area (Å²) in [5.41, 5.74) is 1.17. The van der Waals surface area contributed by atoms with Crippen molar-refractivity contribution < 1.29 is 19.8 Å². The first kappa shape index (κ1) is 16.8. The second-order valence-corrected chi connectivity index (χ2v) is 3.25. The number of amides is 2. The molecule has 2 amide bonds. The molecule has 2 rings (SSSR count). The molecule has 1 aromatic rings. The predicted molar refractivity (Wildman–Crippen MR) is 73.0 cm³/mol. The number of carbonyl (C=O) groups excluding carboxylic acids is 2. The molecule has 3 N–H and O–H groups in total. The molecule has 5 nitrogen and oxygen atoms in total. The van der Waals surface area contributed by atoms with Crippen LogP contribution in [0.25, 0.3) is 6.08 Å². The van der Waals surface area contributed by atoms with Crippen LogP contribution in [0.5, 0.6) is 0 Å². The topological polar surface area (TPSA) is 86.6 Å². The first-order chi connectivity index (χ1) is 9.13. The fourth-order valence-corrected chi connectivity index (χ4v) is 0.945. The van der Waals surface area contributed by atoms with Crippen molar-refractivity contribution >= 4 is 17.9 Å². The SMILES string of the molecule is C=Cc1ccccc1.O=C1C=CC(=O)N1.OCCO. The number of imide groups is 1. The zero-order valence-corrected chi connectivity index (χ0v) is 10.5. The molecule has 5 heteroatoms. The summed E-state index contributed by atoms with van der Waals surface area (Å²) in [5.74, 6) is -0.657. The Hall–Kier alpha value is -2.24. The quantitative estimate of drug-likeness (QED) is 0.678. The van der Waals surface area contributed by atoms with Crippen LogP contribution in [-0.2, 0) is 9.59 Å². The van der Waals surface area contributed by atoms with E-state index in [1.807, 2.05) is 41.7 Å². The lowest BCUT2D eigenvalue weighted by atomic mass is 10.2. The van der Waals surface area contributed by atoms with Crippen LogP contribution in [0.3, 0.4) is 0 Å². The van der Waals surface area contributed by atoms with Crippen molar-refractivity contribution in [2.75, 3.05) is 13.2 Å². The average molecular weight is 263 g/mol. The molecule has 0 saturated heterocycles. The highest BCUT2D eigenvalue weighted by Crippen LogP contribution is 1.97. The smallest absolute Gasteiger partial charge is 0.250 e. The number of nitrogens with one attached hydrogen (secondary N) is 1. The lowest BCUT2D eigenvalue weighted by molar-refractivity contribution is -0.123. The Kier molecular flexibility index (Phi) is 9.60. The van der Waals surface area contributed by atoms with Gasteiger partial charge in [0.15, 0.2) is 0 Å². The molecule has 0 aromatic heterocycles. The fraction of sp³-hybridized carbons (Fsp3) is 0.143. The van der Waals surface area contributed by atoms with Gasteiger partial charge in [0.1, 0.15) is 0 Å². The highest BCUT2D eigenvalue weighted by atomic mass is 16.3. The van der Waals surface area contributed by atoms with E-state index in [0.29, 0.717) is 0 Å². The monoisotopic (exact) mass is 263 g/mol. The number of hydrogen-bond acceptors (Lipinski definition) is 4. The summed E-state index contributed by atoms with van der Waals surface area (Å²) < 4.78 is 0. The Labute approximate surface area is 111 Å². The summed E-state index contributed by atoms with van der Waals surface area (Å²) in [5, 5.41) is 17.3. The summed E-state index contributed by atoms with van der Waals surface area (Å²) in [7, 11) is 0. The van der Waals surface area contributed by atoms with Crippen LogP contribution in [0, 0.1) is 0 Å². The van der Waals surface area contributed by atoms with E-state index in [0.717, 1.165) is 0 Å². The third kappa shape index (κ3) is 9.46. The minimum absolute atomic E-state index is 0.125. The molecule has 0 atom stereocenters. The third-order valence-electron chi connectivity index (χ3n) is 1.77. The molecule has 0 unspecified atom stereocenters. The summed E-state index contributed by atoms with van der Waals surface area (Å²) in [6, 6.07) is 10.0. The van der Waals surface area contributed by atoms with Gasteiger partial charge in [-0.1, -0.05) is 43.0 Å². The average Bonchev–Trinajstić information content (AvgIpc) is 2.84. The van der Waals surface area contributed by atoms with Crippen LogP contribution in [0.15, 0.2) is 49.1 Å². The van der Waals surface area contributed by atoms with Crippen molar-refractivity contribution in [3.8, 4) is 0 Å². The Morgan fingerprint density at radius 2 is 1.47 bits per heavy atom. The number of rotatable bonds is 2. The third-order valence-corrected chi connectivity index (χ3v) is 1.77. The van der Waals surface area contributed by atoms with E-state index < -0.39 is 0 Å². The minimum Gasteiger partial charge on any atom is -0.394 e. The molecule has 0 fully saturated rings. The minimum atomic E-state index is -0.329. The van der Waals surface area contributed by atoms with Crippen LogP contribution in [0.1, 0.15) is 5.56 Å². The fourth-order valence-electron chi connectivity index (χ4n) is 0.945. The van der Waals surface area contributed by atoms with E-state index in [9.17, 15) is 9.59 Å². The molecule has 0 radical (unpaired) electrons. The second-order valence-electron chi connectivity index (χ2n) is 3.25. The van der Waals surface area contributed by atoms with E-state index >= 15 is 0 Å². The van der Waals surface area contributed by atoms with Gasteiger partial charge in [-0.25, -0.2) is 0 Å². The Morgan fingerprint density at radius 3 is 1.68 bits per heavy atom. The molecule has 19 heavy (non-hydrogen) atoms. The molecular weight excluding hydrogens is 246 g/mol. The number of hydrogen-bond donors (Lipinski definition) is 3. The van der Waals surface area contributed by atoms with Gasteiger partial charge in [-0.05, 0) is 5.56 Å². The van der Waals surface area contributed by atoms with Crippen molar-refractivity contribution in [2.45, 2.75) is 0 Å². The van der Waals surface area contributed by atoms with Crippen LogP contribution < -0.4 is 5.32 Å². The zero-order valence-electron chi connectivity index (χ0n) is 10.5. The van der Waals surface area contributed by atoms with Gasteiger partial charge in [0.2, 0.25) is 0 Å². The summed E-state index contributed by atoms with van der Waals surface area (Å²) in [6.45, 7) is 3.38. The maximum atomic E-state index is 10.0. The highest BCUT2D eigenvalue weighted by Gasteiger charge is 2.06. The van der Waals surface area contributed by atoms with Gasteiger partial charge in [0.25, 0.3) is 11.8 Å². The first-order valence-corrected chi connectivity index (χ1v) is 5.56. The Balaban J connectivity index is 0.000000272. The van der Waals surface area contributed by atoms with Crippen molar-refractivity contribution in [2.24, 2.45) is 0 Å². The molecule has 0 bridgehead atoms. The lowest BCUT2D eigenvalue weighted by Crippen LogP contribution is -2.19. The van der Waals surface area contributed by atoms with E-state index in [1.165, 1.54) is 17.7 Å². The Bertz CT molecular complexity index is 408. The number of aliphatic hydroxyl groups excluding tert-OH is 2. The largest absolute Gasteiger partial charge is 0.394 e. The van der Waals surface area contributed by atoms with E-state index in [4.69, 9.17) is 10.2 Å². The zero-order chi connectivity index (χ0) is 14.5. The number of carbonyl (C=O) groups is 2. The van der Waals surface area contributed by atoms with E-state index in [2.05, 4.69) is 6.58 Å². The van der Waals surface area contributed by atoms with Crippen LogP contribution in [0.2, 0.25) is 0 Å². The van der Waals surface area contributed by atoms with Crippen molar-refractivity contribution in [3.05, 3.63) is 54.6 Å². The molecule has 1 aliphatic rings. The number of aliphatic hydroxyl groups is 2. The maximum absolute atomic E-state index is 10.0. The van der Waals surface area contributed by atoms with Gasteiger partial charge < -0.3 is 10.2 Å². The molecule has 102 valence electrons. The standard InChI is InChI=1S/C8H8.C4H3NO2.C2H6O2/c1-2-8-6-4-3-5-7-8;6-3-1-2-4(7)5-3;3-1-2-4/h2-7H,1H2;1-2H,(H,5,6,7);3-4H,1-2H2. The van der Waals surface area contributed by atoms with E-state index in [-0.39, 0.29) is 25.0 Å². The molecule has 1 heterocycles. The summed E-state index contributed by atoms with van der Waals surface area (Å²) in [6.07, 6.45) is 4.23. The molecule has 0 spiro atoms. The second kappa shape index (κ2) is 10.9. The van der Waals surface area contributed by atoms with Crippen molar-refractivity contribution in [1.82, 2.24) is 5.32 Å². The normalized spacial score (nSPS) is 11.7. The van der Waals surface area contributed by atoms with Gasteiger partial charge in [-0.2, -0.15) is 0 Å². The van der Waals surface area contributed by atoms with Crippen molar-refractivity contribution in [3.63, 3.8) is 0 Å². The first-order valence-electron chi connectivity index (χ1n) is 5.56. The highest BCUT2D eigenvalue weighted by molar-refractivity contribution is 6.12. The van der Waals surface area contributed by atoms with Gasteiger partial charge >= 0.3 is 0 Å². The lowest BCUT2D eigenvalue weighted by Gasteiger charge is -1.85. The van der Waals surface area contributed by atoms with Gasteiger partial charge in [-0.3, -0.25) is 14.9 Å². The van der Waals surface area contributed by atoms with Crippen LogP contribution in [0.4, 0.5) is 0 Å². The van der Waals surface area contributed by atoms with Crippen molar-refractivity contribution in [1.29, 1.82) is 0 Å². The van der Waals surface area contributed by atoms with Gasteiger partial charge in [-0.15, -0.1) is 0 Å². The van der Waals surface area contributed by atoms with Crippen LogP contribution >= 0.6 is 0 Å². The molecule has 1 aromatic carbocycles. The Morgan fingerprint density at radius 1 is 1.00 bits per heavy atom. The molecule has 0 aliphatic carbocycles. The summed E-state index contributed by atoms with van der Waals surface area (Å²) in [4.78, 5) is 20.1. The van der Waals surface area contributed by atoms with Gasteiger partial charge in [0.05, 0.1) is 13.2 Å². The predicted octanol–water partition coefficient (Wildman–Crippen LogP) is 0.500. The molecular formula is C14H17NO4. The summed E-state index contributed by atoms with van der Waals surface area (Å²) >= 11 is 0.